The lowest BCUT2D eigenvalue weighted by Crippen LogP contribution is -2.54. The van der Waals surface area contributed by atoms with Crippen molar-refractivity contribution < 1.29 is 23.1 Å². The van der Waals surface area contributed by atoms with Crippen LogP contribution in [0.25, 0.3) is 10.8 Å². The second kappa shape index (κ2) is 12.0. The van der Waals surface area contributed by atoms with E-state index in [2.05, 4.69) is 15.6 Å². The first kappa shape index (κ1) is 27.7. The van der Waals surface area contributed by atoms with Gasteiger partial charge in [0.2, 0.25) is 5.91 Å². The molecule has 0 aliphatic carbocycles. The van der Waals surface area contributed by atoms with Crippen LogP contribution < -0.4 is 10.6 Å². The second-order valence-electron chi connectivity index (χ2n) is 10.0. The van der Waals surface area contributed by atoms with E-state index in [0.29, 0.717) is 24.8 Å². The number of amides is 2. The van der Waals surface area contributed by atoms with Crippen LogP contribution in [-0.2, 0) is 14.8 Å². The maximum Gasteiger partial charge on any atom is 0.260 e. The van der Waals surface area contributed by atoms with Gasteiger partial charge in [-0.2, -0.15) is 4.31 Å². The summed E-state index contributed by atoms with van der Waals surface area (Å²) in [5.41, 5.74) is 0.481. The van der Waals surface area contributed by atoms with Crippen LogP contribution in [0.4, 0.5) is 0 Å². The lowest BCUT2D eigenvalue weighted by atomic mass is 9.99. The number of nitrogens with zero attached hydrogens (tertiary/aromatic N) is 2. The standard InChI is InChI=1S/C28H34N4O5S/c1-19(2)17-24(31-27(34)22-12-7-10-20-9-3-4-11-21(20)22)28(35)30-23-13-8-16-32(18-25(23)33)38(36,37)26-14-5-6-15-29-26/h3-7,9-12,14-15,19,23-25,33H,8,13,16-18H2,1-2H3,(H,30,35)(H,31,34)/t23?,24-,25?/m0/s1. The van der Waals surface area contributed by atoms with Crippen molar-refractivity contribution in [1.29, 1.82) is 0 Å². The molecule has 1 saturated heterocycles. The molecule has 3 atom stereocenters. The summed E-state index contributed by atoms with van der Waals surface area (Å²) in [7, 11) is -3.87. The number of β-amino-alcohol motifs (C(OH)–C–C–N with tert-alkyl or cyclic N) is 1. The smallest absolute Gasteiger partial charge is 0.260 e. The fourth-order valence-corrected chi connectivity index (χ4v) is 6.20. The maximum absolute atomic E-state index is 13.4. The van der Waals surface area contributed by atoms with Gasteiger partial charge in [0, 0.05) is 24.8 Å². The summed E-state index contributed by atoms with van der Waals surface area (Å²) in [4.78, 5) is 30.5. The van der Waals surface area contributed by atoms with E-state index in [9.17, 15) is 23.1 Å². The van der Waals surface area contributed by atoms with Crippen LogP contribution in [0.2, 0.25) is 0 Å². The van der Waals surface area contributed by atoms with Gasteiger partial charge in [-0.05, 0) is 54.2 Å². The van der Waals surface area contributed by atoms with Gasteiger partial charge in [-0.1, -0.05) is 56.3 Å². The van der Waals surface area contributed by atoms with Gasteiger partial charge in [-0.3, -0.25) is 9.59 Å². The second-order valence-corrected chi connectivity index (χ2v) is 11.9. The summed E-state index contributed by atoms with van der Waals surface area (Å²) in [6.07, 6.45) is 1.54. The predicted octanol–water partition coefficient (Wildman–Crippen LogP) is 2.71. The van der Waals surface area contributed by atoms with Crippen LogP contribution in [0, 0.1) is 5.92 Å². The number of benzene rings is 2. The van der Waals surface area contributed by atoms with E-state index >= 15 is 0 Å². The predicted molar refractivity (Wildman–Crippen MR) is 145 cm³/mol. The number of rotatable bonds is 8. The molecule has 1 aromatic heterocycles. The number of aliphatic hydroxyl groups excluding tert-OH is 1. The molecule has 2 unspecified atom stereocenters. The molecule has 1 aliphatic rings. The van der Waals surface area contributed by atoms with Crippen LogP contribution in [0.1, 0.15) is 43.5 Å². The topological polar surface area (TPSA) is 129 Å². The Morgan fingerprint density at radius 3 is 2.55 bits per heavy atom. The summed E-state index contributed by atoms with van der Waals surface area (Å²) >= 11 is 0. The first-order valence-corrected chi connectivity index (χ1v) is 14.3. The highest BCUT2D eigenvalue weighted by Crippen LogP contribution is 2.21. The molecule has 0 spiro atoms. The normalized spacial score (nSPS) is 19.6. The van der Waals surface area contributed by atoms with Crippen molar-refractivity contribution in [2.75, 3.05) is 13.1 Å². The zero-order valence-corrected chi connectivity index (χ0v) is 22.4. The summed E-state index contributed by atoms with van der Waals surface area (Å²) in [5, 5.41) is 18.3. The molecular formula is C28H34N4O5S. The fraction of sp³-hybridized carbons (Fsp3) is 0.393. The van der Waals surface area contributed by atoms with E-state index in [1.807, 2.05) is 44.2 Å². The Morgan fingerprint density at radius 1 is 1.08 bits per heavy atom. The minimum Gasteiger partial charge on any atom is -0.390 e. The van der Waals surface area contributed by atoms with Gasteiger partial charge in [0.25, 0.3) is 15.9 Å². The Hall–Kier alpha value is -3.34. The van der Waals surface area contributed by atoms with E-state index in [0.717, 1.165) is 10.8 Å². The van der Waals surface area contributed by atoms with Crippen LogP contribution >= 0.6 is 0 Å². The van der Waals surface area contributed by atoms with Gasteiger partial charge in [0.05, 0.1) is 12.1 Å². The lowest BCUT2D eigenvalue weighted by Gasteiger charge is -2.27. The largest absolute Gasteiger partial charge is 0.390 e. The summed E-state index contributed by atoms with van der Waals surface area (Å²) in [6.45, 7) is 3.97. The Kier molecular flexibility index (Phi) is 8.76. The summed E-state index contributed by atoms with van der Waals surface area (Å²) in [6, 6.07) is 16.2. The van der Waals surface area contributed by atoms with Crippen molar-refractivity contribution in [3.05, 3.63) is 72.4 Å². The Morgan fingerprint density at radius 2 is 1.82 bits per heavy atom. The van der Waals surface area contributed by atoms with Crippen LogP contribution in [-0.4, -0.2) is 65.9 Å². The number of hydrogen-bond donors (Lipinski definition) is 3. The van der Waals surface area contributed by atoms with Crippen molar-refractivity contribution >= 4 is 32.6 Å². The van der Waals surface area contributed by atoms with Crippen molar-refractivity contribution in [1.82, 2.24) is 19.9 Å². The monoisotopic (exact) mass is 538 g/mol. The molecule has 3 N–H and O–H groups in total. The van der Waals surface area contributed by atoms with Gasteiger partial charge >= 0.3 is 0 Å². The first-order valence-electron chi connectivity index (χ1n) is 12.8. The van der Waals surface area contributed by atoms with Crippen LogP contribution in [0.3, 0.4) is 0 Å². The number of pyridine rings is 1. The number of aliphatic hydroxyl groups is 1. The zero-order chi connectivity index (χ0) is 27.3. The highest BCUT2D eigenvalue weighted by atomic mass is 32.2. The van der Waals surface area contributed by atoms with Crippen LogP contribution in [0.5, 0.6) is 0 Å². The van der Waals surface area contributed by atoms with Gasteiger partial charge in [0.1, 0.15) is 6.04 Å². The molecule has 0 bridgehead atoms. The number of sulfonamides is 1. The van der Waals surface area contributed by atoms with Crippen molar-refractivity contribution in [3.63, 3.8) is 0 Å². The molecule has 3 aromatic rings. The van der Waals surface area contributed by atoms with Crippen LogP contribution in [0.15, 0.2) is 71.9 Å². The van der Waals surface area contributed by atoms with Gasteiger partial charge in [0.15, 0.2) is 5.03 Å². The fourth-order valence-electron chi connectivity index (χ4n) is 4.77. The summed E-state index contributed by atoms with van der Waals surface area (Å²) < 4.78 is 27.2. The average molecular weight is 539 g/mol. The number of aromatic nitrogens is 1. The Labute approximate surface area is 223 Å². The number of carbonyl (C=O) groups is 2. The SMILES string of the molecule is CC(C)C[C@H](NC(=O)c1cccc2ccccc12)C(=O)NC1CCCN(S(=O)(=O)c2ccccn2)CC1O. The molecule has 0 radical (unpaired) electrons. The van der Waals surface area contributed by atoms with Crippen molar-refractivity contribution in [2.24, 2.45) is 5.92 Å². The van der Waals surface area contributed by atoms with Crippen molar-refractivity contribution in [3.8, 4) is 0 Å². The van der Waals surface area contributed by atoms with E-state index < -0.39 is 34.1 Å². The quantitative estimate of drug-likeness (QED) is 0.405. The zero-order valence-electron chi connectivity index (χ0n) is 21.6. The third kappa shape index (κ3) is 6.38. The highest BCUT2D eigenvalue weighted by Gasteiger charge is 2.35. The molecule has 38 heavy (non-hydrogen) atoms. The average Bonchev–Trinajstić information content (AvgIpc) is 3.09. The van der Waals surface area contributed by atoms with E-state index in [4.69, 9.17) is 0 Å². The van der Waals surface area contributed by atoms with E-state index in [1.165, 1.54) is 16.6 Å². The highest BCUT2D eigenvalue weighted by molar-refractivity contribution is 7.89. The molecule has 2 amide bonds. The maximum atomic E-state index is 13.4. The molecule has 2 aromatic carbocycles. The third-order valence-electron chi connectivity index (χ3n) is 6.71. The van der Waals surface area contributed by atoms with E-state index in [-0.39, 0.29) is 29.9 Å². The minimum absolute atomic E-state index is 0.0807. The molecule has 1 fully saturated rings. The minimum atomic E-state index is -3.87. The molecular weight excluding hydrogens is 504 g/mol. The molecule has 1 aliphatic heterocycles. The molecule has 202 valence electrons. The number of hydrogen-bond acceptors (Lipinski definition) is 6. The number of nitrogens with one attached hydrogen (secondary N) is 2. The van der Waals surface area contributed by atoms with E-state index in [1.54, 1.807) is 24.3 Å². The molecule has 2 heterocycles. The third-order valence-corrected chi connectivity index (χ3v) is 8.49. The molecule has 0 saturated carbocycles. The van der Waals surface area contributed by atoms with Crippen molar-refractivity contribution in [2.45, 2.75) is 56.3 Å². The van der Waals surface area contributed by atoms with Gasteiger partial charge < -0.3 is 15.7 Å². The number of carbonyl (C=O) groups excluding carboxylic acids is 2. The molecule has 9 nitrogen and oxygen atoms in total. The first-order chi connectivity index (χ1) is 18.2. The summed E-state index contributed by atoms with van der Waals surface area (Å²) in [5.74, 6) is -0.634. The lowest BCUT2D eigenvalue weighted by molar-refractivity contribution is -0.125. The van der Waals surface area contributed by atoms with Gasteiger partial charge in [-0.25, -0.2) is 13.4 Å². The Bertz CT molecular complexity index is 1380. The Balaban J connectivity index is 1.46. The molecule has 4 rings (SSSR count). The number of fused-ring (bicyclic) bond motifs is 1. The van der Waals surface area contributed by atoms with Gasteiger partial charge in [-0.15, -0.1) is 0 Å². The molecule has 10 heteroatoms.